The SMILES string of the molecule is C=C(C)C(=O)OCCCc1cc(-c2ccc(-c3ccc(C4CCC(CCCCC)CC4)cc3F)c(CC)c2)ccc1OCC(COC(=O)CC(=O)OC)(COC(=O)CC(=O)OC)COC(=O)C(=C)C. The van der Waals surface area contributed by atoms with Crippen LogP contribution in [0.4, 0.5) is 4.39 Å². The molecular formula is C55H69FO13. The standard InChI is InChI=1S/C55H69FO13/c1-9-11-12-14-38-16-18-40(19-17-38)43-21-24-46(47(56)29-43)45-23-20-41(27-39(45)10-2)42-22-25-48(44(28-42)15-13-26-65-53(61)36(3)4)66-32-55(35-69-54(62)37(5)6,33-67-51(59)30-49(57)63-7)34-68-52(60)31-50(58)64-8/h20-25,27-29,38,40H,3,5,9-19,26,30-35H2,1-2,4,6-8H3. The van der Waals surface area contributed by atoms with Gasteiger partial charge in [0, 0.05) is 16.7 Å². The fourth-order valence-electron chi connectivity index (χ4n) is 8.22. The third kappa shape index (κ3) is 17.3. The maximum Gasteiger partial charge on any atom is 0.333 e. The number of halogens is 1. The molecule has 4 rings (SSSR count). The predicted octanol–water partition coefficient (Wildman–Crippen LogP) is 10.3. The summed E-state index contributed by atoms with van der Waals surface area (Å²) in [5, 5.41) is 0. The molecule has 374 valence electrons. The van der Waals surface area contributed by atoms with Crippen molar-refractivity contribution in [3.63, 3.8) is 0 Å². The minimum absolute atomic E-state index is 0.0587. The lowest BCUT2D eigenvalue weighted by Gasteiger charge is -2.32. The van der Waals surface area contributed by atoms with Crippen LogP contribution in [0.3, 0.4) is 0 Å². The van der Waals surface area contributed by atoms with E-state index < -0.39 is 73.9 Å². The molecule has 0 bridgehead atoms. The zero-order valence-corrected chi connectivity index (χ0v) is 41.2. The highest BCUT2D eigenvalue weighted by Crippen LogP contribution is 2.40. The van der Waals surface area contributed by atoms with Crippen molar-refractivity contribution in [1.82, 2.24) is 0 Å². The highest BCUT2D eigenvalue weighted by Gasteiger charge is 2.38. The number of hydrogen-bond acceptors (Lipinski definition) is 13. The maximum atomic E-state index is 16.1. The molecule has 0 saturated heterocycles. The molecule has 14 heteroatoms. The molecule has 0 aromatic heterocycles. The Morgan fingerprint density at radius 1 is 0.638 bits per heavy atom. The number of methoxy groups -OCH3 is 2. The molecule has 0 radical (unpaired) electrons. The molecule has 3 aromatic rings. The summed E-state index contributed by atoms with van der Waals surface area (Å²) in [7, 11) is 2.22. The van der Waals surface area contributed by atoms with E-state index in [2.05, 4.69) is 35.6 Å². The van der Waals surface area contributed by atoms with Crippen molar-refractivity contribution < 1.29 is 66.3 Å². The van der Waals surface area contributed by atoms with E-state index in [1.807, 2.05) is 43.3 Å². The van der Waals surface area contributed by atoms with Gasteiger partial charge in [0.05, 0.1) is 20.8 Å². The molecular weight excluding hydrogens is 888 g/mol. The number of carbonyl (C=O) groups excluding carboxylic acids is 6. The van der Waals surface area contributed by atoms with Crippen molar-refractivity contribution in [2.75, 3.05) is 47.3 Å². The van der Waals surface area contributed by atoms with Gasteiger partial charge in [-0.3, -0.25) is 19.2 Å². The van der Waals surface area contributed by atoms with Gasteiger partial charge < -0.3 is 33.2 Å². The lowest BCUT2D eigenvalue weighted by molar-refractivity contribution is -0.165. The molecule has 69 heavy (non-hydrogen) atoms. The van der Waals surface area contributed by atoms with E-state index in [-0.39, 0.29) is 30.2 Å². The van der Waals surface area contributed by atoms with Crippen LogP contribution in [0.15, 0.2) is 78.9 Å². The average Bonchev–Trinajstić information content (AvgIpc) is 3.34. The van der Waals surface area contributed by atoms with Gasteiger partial charge in [0.2, 0.25) is 0 Å². The molecule has 0 aliphatic heterocycles. The van der Waals surface area contributed by atoms with Crippen LogP contribution >= 0.6 is 0 Å². The smallest absolute Gasteiger partial charge is 0.333 e. The molecule has 1 saturated carbocycles. The first-order valence-electron chi connectivity index (χ1n) is 23.8. The molecule has 1 aliphatic rings. The maximum absolute atomic E-state index is 16.1. The fraction of sp³-hybridized carbons (Fsp3) is 0.491. The van der Waals surface area contributed by atoms with E-state index in [0.29, 0.717) is 42.1 Å². The van der Waals surface area contributed by atoms with Gasteiger partial charge in [-0.05, 0) is 122 Å². The summed E-state index contributed by atoms with van der Waals surface area (Å²) in [4.78, 5) is 74.1. The molecule has 0 spiro atoms. The molecule has 0 N–H and O–H groups in total. The number of aryl methyl sites for hydroxylation is 2. The molecule has 1 aliphatic carbocycles. The Kier molecular flexibility index (Phi) is 22.1. The van der Waals surface area contributed by atoms with Crippen LogP contribution in [0.2, 0.25) is 0 Å². The Morgan fingerprint density at radius 2 is 1.20 bits per heavy atom. The minimum Gasteiger partial charge on any atom is -0.492 e. The number of carbonyl (C=O) groups is 6. The van der Waals surface area contributed by atoms with E-state index in [1.54, 1.807) is 19.1 Å². The van der Waals surface area contributed by atoms with Crippen LogP contribution in [-0.4, -0.2) is 83.1 Å². The third-order valence-electron chi connectivity index (χ3n) is 12.4. The predicted molar refractivity (Wildman–Crippen MR) is 258 cm³/mol. The van der Waals surface area contributed by atoms with Crippen LogP contribution in [-0.2, 0) is 70.0 Å². The summed E-state index contributed by atoms with van der Waals surface area (Å²) in [6, 6.07) is 17.2. The number of unbranched alkanes of at least 4 members (excludes halogenated alkanes) is 2. The lowest BCUT2D eigenvalue weighted by Crippen LogP contribution is -2.44. The molecule has 0 atom stereocenters. The number of benzene rings is 3. The zero-order chi connectivity index (χ0) is 50.5. The minimum atomic E-state index is -1.59. The second kappa shape index (κ2) is 27.6. The Bertz CT molecular complexity index is 2260. The van der Waals surface area contributed by atoms with E-state index >= 15 is 4.39 Å². The van der Waals surface area contributed by atoms with Crippen LogP contribution < -0.4 is 4.74 Å². The normalized spacial score (nSPS) is 14.5. The van der Waals surface area contributed by atoms with Crippen molar-refractivity contribution in [3.8, 4) is 28.0 Å². The molecule has 0 unspecified atom stereocenters. The van der Waals surface area contributed by atoms with Crippen LogP contribution in [0, 0.1) is 17.2 Å². The Hall–Kier alpha value is -6.31. The summed E-state index contributed by atoms with van der Waals surface area (Å²) in [5.74, 6) is -3.75. The van der Waals surface area contributed by atoms with E-state index in [4.69, 9.17) is 23.7 Å². The largest absolute Gasteiger partial charge is 0.492 e. The van der Waals surface area contributed by atoms with E-state index in [9.17, 15) is 28.8 Å². The molecule has 0 heterocycles. The van der Waals surface area contributed by atoms with Gasteiger partial charge >= 0.3 is 35.8 Å². The summed E-state index contributed by atoms with van der Waals surface area (Å²) in [6.45, 7) is 12.5. The Balaban J connectivity index is 1.67. The highest BCUT2D eigenvalue weighted by atomic mass is 19.1. The monoisotopic (exact) mass is 956 g/mol. The van der Waals surface area contributed by atoms with Crippen molar-refractivity contribution in [1.29, 1.82) is 0 Å². The van der Waals surface area contributed by atoms with Gasteiger partial charge in [0.15, 0.2) is 0 Å². The Labute approximate surface area is 406 Å². The number of ether oxygens (including phenoxy) is 7. The Morgan fingerprint density at radius 3 is 1.77 bits per heavy atom. The second-order valence-electron chi connectivity index (χ2n) is 18.0. The fourth-order valence-corrected chi connectivity index (χ4v) is 8.22. The van der Waals surface area contributed by atoms with Crippen molar-refractivity contribution in [2.45, 2.75) is 117 Å². The first-order chi connectivity index (χ1) is 33.0. The summed E-state index contributed by atoms with van der Waals surface area (Å²) >= 11 is 0. The van der Waals surface area contributed by atoms with Gasteiger partial charge in [-0.25, -0.2) is 14.0 Å². The van der Waals surface area contributed by atoms with Crippen LogP contribution in [0.1, 0.15) is 121 Å². The van der Waals surface area contributed by atoms with Gasteiger partial charge in [0.1, 0.15) is 56.3 Å². The topological polar surface area (TPSA) is 167 Å². The summed E-state index contributed by atoms with van der Waals surface area (Å²) in [5.41, 5.74) is 4.45. The van der Waals surface area contributed by atoms with Gasteiger partial charge in [0.25, 0.3) is 0 Å². The quantitative estimate of drug-likeness (QED) is 0.0233. The van der Waals surface area contributed by atoms with Crippen LogP contribution in [0.25, 0.3) is 22.3 Å². The first-order valence-corrected chi connectivity index (χ1v) is 23.8. The molecule has 1 fully saturated rings. The molecule has 13 nitrogen and oxygen atoms in total. The second-order valence-corrected chi connectivity index (χ2v) is 18.0. The number of rotatable bonds is 27. The molecule has 3 aromatic carbocycles. The van der Waals surface area contributed by atoms with Crippen molar-refractivity contribution in [3.05, 3.63) is 101 Å². The van der Waals surface area contributed by atoms with Crippen LogP contribution in [0.5, 0.6) is 5.75 Å². The van der Waals surface area contributed by atoms with Gasteiger partial charge in [-0.2, -0.15) is 0 Å². The van der Waals surface area contributed by atoms with Gasteiger partial charge in [-0.15, -0.1) is 0 Å². The number of esters is 6. The highest BCUT2D eigenvalue weighted by molar-refractivity contribution is 5.92. The number of hydrogen-bond donors (Lipinski definition) is 0. The summed E-state index contributed by atoms with van der Waals surface area (Å²) < 4.78 is 53.5. The van der Waals surface area contributed by atoms with E-state index in [1.165, 1.54) is 45.4 Å². The lowest BCUT2D eigenvalue weighted by atomic mass is 9.77. The van der Waals surface area contributed by atoms with Crippen molar-refractivity contribution in [2.24, 2.45) is 11.3 Å². The van der Waals surface area contributed by atoms with Crippen molar-refractivity contribution >= 4 is 35.8 Å². The third-order valence-corrected chi connectivity index (χ3v) is 12.4. The molecule has 0 amide bonds. The summed E-state index contributed by atoms with van der Waals surface area (Å²) in [6.07, 6.45) is 9.55. The first kappa shape index (κ1) is 55.3. The average molecular weight is 957 g/mol. The van der Waals surface area contributed by atoms with E-state index in [0.717, 1.165) is 60.8 Å². The zero-order valence-electron chi connectivity index (χ0n) is 41.2. The van der Waals surface area contributed by atoms with Gasteiger partial charge in [-0.1, -0.05) is 89.1 Å².